The quantitative estimate of drug-likeness (QED) is 0.0465. The lowest BCUT2D eigenvalue weighted by molar-refractivity contribution is 0.00320. The molecule has 14 aliphatic rings. The van der Waals surface area contributed by atoms with Crippen molar-refractivity contribution in [3.63, 3.8) is 0 Å². The van der Waals surface area contributed by atoms with Crippen LogP contribution in [0, 0.1) is 0 Å². The number of hydrogen-bond acceptors (Lipinski definition) is 34. The summed E-state index contributed by atoms with van der Waals surface area (Å²) in [6.07, 6.45) is 0.620. The Hall–Kier alpha value is -14.6. The standard InChI is InChI=1S/C21H22O7.C20H22O7.C20H22O6.C19H18O5.C18H18O5.C18H18O4/c1-22-16-6-12(7-17(23-2)20(16)24-3)19-13-8-15-14(25-9-26-15)4-11(13)5-18-21(19)28-10-27-18;1-23-16-6-11(7-17(24-2)20(16)25-3)18-12-8-15-14(26-9-27-15)5-10(12)4-13(21)19(18)22;1-22-18-6-12(7-19(23-2)20(18)24-3)14-8-13(21)4-11-5-16-17(9-15(11)14)26-10-25-16;1-20-13-4-2-11(3-5-13)18-14-8-16-15(21-9-22-16)6-12(14)7-17-19(18)24-10-23-17;1-21-12-4-2-10(3-5-12)17-13-8-16-15(22-9-23-16)7-11(13)6-14(19)18(17)20;1-20-14-4-2-11(3-5-14)15-8-13(19)6-12-7-17-18(9-16(12)15)22-10-21-17/h4,6-8,18-19,21H,5,9-10H2,1-3H3;5-8,13,18-19,21-22H,4,9H2,1-3H3;5-7,9,13-14,21H,4,8,10H2,1-3H3;2-6,8,17-19H,7,9-10H2,1H3;2-5,7-8,14,17-20H,6,9H2,1H3;2-5,7,9,13,15,19H,6,8,10H2,1H3. The Labute approximate surface area is 866 Å². The maximum Gasteiger partial charge on any atom is 0.231 e. The molecule has 150 heavy (non-hydrogen) atoms. The van der Waals surface area contributed by atoms with E-state index in [1.807, 2.05) is 115 Å². The Morgan fingerprint density at radius 1 is 0.213 bits per heavy atom. The second-order valence-corrected chi connectivity index (χ2v) is 38.2. The van der Waals surface area contributed by atoms with Crippen LogP contribution >= 0.6 is 0 Å². The van der Waals surface area contributed by atoms with Gasteiger partial charge in [-0.3, -0.25) is 0 Å². The summed E-state index contributed by atoms with van der Waals surface area (Å²) < 4.78 is 155. The van der Waals surface area contributed by atoms with Crippen molar-refractivity contribution >= 4 is 0 Å². The van der Waals surface area contributed by atoms with Crippen LogP contribution in [-0.4, -0.2) is 231 Å². The first-order valence-corrected chi connectivity index (χ1v) is 49.6. The monoisotopic (exact) mass is 2060 g/mol. The van der Waals surface area contributed by atoms with Gasteiger partial charge in [-0.15, -0.1) is 0 Å². The van der Waals surface area contributed by atoms with Crippen LogP contribution in [0.25, 0.3) is 0 Å². The van der Waals surface area contributed by atoms with Crippen molar-refractivity contribution in [2.75, 3.05) is 140 Å². The summed E-state index contributed by atoms with van der Waals surface area (Å²) in [5, 5.41) is 62.7. The molecule has 0 amide bonds. The second-order valence-electron chi connectivity index (χ2n) is 38.2. The van der Waals surface area contributed by atoms with Gasteiger partial charge in [-0.1, -0.05) is 36.4 Å². The Morgan fingerprint density at radius 2 is 0.453 bits per heavy atom. The van der Waals surface area contributed by atoms with E-state index in [2.05, 4.69) is 54.6 Å². The van der Waals surface area contributed by atoms with E-state index in [0.717, 1.165) is 149 Å². The molecule has 12 aromatic rings. The third-order valence-corrected chi connectivity index (χ3v) is 30.1. The van der Waals surface area contributed by atoms with E-state index >= 15 is 0 Å². The van der Waals surface area contributed by atoms with Crippen molar-refractivity contribution in [1.82, 2.24) is 0 Å². The first-order valence-electron chi connectivity index (χ1n) is 49.6. The average Bonchev–Trinajstić information content (AvgIpc) is 1.55. The van der Waals surface area contributed by atoms with Gasteiger partial charge in [-0.25, -0.2) is 0 Å². The fourth-order valence-electron chi connectivity index (χ4n) is 22.9. The molecule has 8 aliphatic heterocycles. The number of aliphatic hydroxyl groups excluding tert-OH is 6. The minimum absolute atomic E-state index is 0.00282. The largest absolute Gasteiger partial charge is 0.497 e. The highest BCUT2D eigenvalue weighted by molar-refractivity contribution is 5.65. The molecule has 8 heterocycles. The van der Waals surface area contributed by atoms with E-state index < -0.39 is 36.4 Å². The fraction of sp³-hybridized carbons (Fsp3) is 0.379. The number of rotatable bonds is 18. The highest BCUT2D eigenvalue weighted by atomic mass is 16.7. The van der Waals surface area contributed by atoms with Gasteiger partial charge in [0.2, 0.25) is 58.0 Å². The smallest absolute Gasteiger partial charge is 0.231 e. The lowest BCUT2D eigenvalue weighted by atomic mass is 9.75. The van der Waals surface area contributed by atoms with Gasteiger partial charge in [0, 0.05) is 61.2 Å². The fourth-order valence-corrected chi connectivity index (χ4v) is 22.9. The van der Waals surface area contributed by atoms with Crippen LogP contribution in [-0.2, 0) is 57.5 Å². The third kappa shape index (κ3) is 19.8. The molecule has 16 atom stereocenters. The van der Waals surface area contributed by atoms with Gasteiger partial charge < -0.3 is 163 Å². The van der Waals surface area contributed by atoms with Crippen LogP contribution < -0.4 is 114 Å². The number of ether oxygens (including phenoxy) is 28. The summed E-state index contributed by atoms with van der Waals surface area (Å²) in [5.41, 5.74) is 19.2. The summed E-state index contributed by atoms with van der Waals surface area (Å²) in [4.78, 5) is 0. The van der Waals surface area contributed by atoms with Gasteiger partial charge in [0.15, 0.2) is 103 Å². The van der Waals surface area contributed by atoms with Crippen LogP contribution in [0.2, 0.25) is 0 Å². The molecule has 34 nitrogen and oxygen atoms in total. The number of aliphatic hydroxyl groups is 6. The molecule has 0 saturated carbocycles. The summed E-state index contributed by atoms with van der Waals surface area (Å²) in [5.74, 6) is 15.8. The molecule has 0 bridgehead atoms. The first kappa shape index (κ1) is 101. The van der Waals surface area contributed by atoms with Gasteiger partial charge in [-0.05, 0) is 271 Å². The zero-order chi connectivity index (χ0) is 104. The molecule has 2 saturated heterocycles. The zero-order valence-electron chi connectivity index (χ0n) is 85.0. The number of benzene rings is 12. The SMILES string of the molecule is COc1cc(C2CC(O)Cc3cc4c(cc32)OCO4)cc(OC)c1OC.COc1cc(C2c3cc4c(cc3CC(O)C2O)OCO4)cc(OC)c1OC.COc1cc(C2c3cc4c(cc3CC3OCOC32)OCO4)cc(OC)c1OC.COc1ccc(C2CC(O)Cc3cc4c(cc32)OCO4)cc1.COc1ccc(C2c3cc4c(cc3CC(O)C2O)OCO4)cc1.COc1ccc(C2c3cc4c(cc3CC3OCOC32)OCO4)cc1. The number of methoxy groups -OCH3 is 12. The Bertz CT molecular complexity index is 6820. The van der Waals surface area contributed by atoms with Crippen LogP contribution in [0.1, 0.15) is 148 Å². The number of hydrogen-bond donors (Lipinski definition) is 6. The van der Waals surface area contributed by atoms with Crippen molar-refractivity contribution in [3.05, 3.63) is 282 Å². The minimum Gasteiger partial charge on any atom is -0.497 e. The molecule has 6 N–H and O–H groups in total. The van der Waals surface area contributed by atoms with Gasteiger partial charge >= 0.3 is 0 Å². The molecular weight excluding hydrogens is 1940 g/mol. The molecule has 16 unspecified atom stereocenters. The summed E-state index contributed by atoms with van der Waals surface area (Å²) in [6, 6.07) is 59.2. The zero-order valence-corrected chi connectivity index (χ0v) is 85.0. The van der Waals surface area contributed by atoms with Crippen LogP contribution in [0.3, 0.4) is 0 Å². The summed E-state index contributed by atoms with van der Waals surface area (Å²) in [6.45, 7) is 2.04. The van der Waals surface area contributed by atoms with Crippen molar-refractivity contribution in [1.29, 1.82) is 0 Å². The van der Waals surface area contributed by atoms with Gasteiger partial charge in [0.1, 0.15) is 30.8 Å². The normalized spacial score (nSPS) is 23.6. The van der Waals surface area contributed by atoms with Gasteiger partial charge in [-0.2, -0.15) is 0 Å². The van der Waals surface area contributed by atoms with Crippen LogP contribution in [0.4, 0.5) is 0 Å². The predicted molar refractivity (Wildman–Crippen MR) is 540 cm³/mol. The van der Waals surface area contributed by atoms with Crippen molar-refractivity contribution in [2.45, 2.75) is 148 Å². The molecule has 2 fully saturated rings. The topological polar surface area (TPSA) is 380 Å². The molecule has 26 rings (SSSR count). The molecule has 6 aliphatic carbocycles. The molecule has 788 valence electrons. The summed E-state index contributed by atoms with van der Waals surface area (Å²) >= 11 is 0. The Balaban J connectivity index is 0.000000105. The first-order chi connectivity index (χ1) is 73.2. The molecule has 12 aromatic carbocycles. The van der Waals surface area contributed by atoms with Gasteiger partial charge in [0.25, 0.3) is 0 Å². The Kier molecular flexibility index (Phi) is 29.7. The molecule has 0 radical (unpaired) electrons. The number of fused-ring (bicyclic) bond motifs is 14. The lowest BCUT2D eigenvalue weighted by Gasteiger charge is -2.35. The van der Waals surface area contributed by atoms with E-state index in [0.29, 0.717) is 114 Å². The maximum atomic E-state index is 10.8. The average molecular weight is 2060 g/mol. The van der Waals surface area contributed by atoms with Crippen LogP contribution in [0.15, 0.2) is 182 Å². The van der Waals surface area contributed by atoms with E-state index in [1.165, 1.54) is 40.5 Å². The third-order valence-electron chi connectivity index (χ3n) is 30.1. The summed E-state index contributed by atoms with van der Waals surface area (Å²) in [7, 11) is 19.2. The van der Waals surface area contributed by atoms with E-state index in [9.17, 15) is 30.6 Å². The maximum absolute atomic E-state index is 10.8. The second kappa shape index (κ2) is 43.9. The van der Waals surface area contributed by atoms with Crippen molar-refractivity contribution in [3.8, 4) is 138 Å². The Morgan fingerprint density at radius 3 is 0.753 bits per heavy atom. The van der Waals surface area contributed by atoms with Crippen molar-refractivity contribution < 1.29 is 163 Å². The molecule has 0 spiro atoms. The predicted octanol–water partition coefficient (Wildman–Crippen LogP) is 15.2. The molecular formula is C116H120O34. The van der Waals surface area contributed by atoms with E-state index in [4.69, 9.17) is 133 Å². The highest BCUT2D eigenvalue weighted by Crippen LogP contribution is 2.56. The highest BCUT2D eigenvalue weighted by Gasteiger charge is 2.48. The lowest BCUT2D eigenvalue weighted by Crippen LogP contribution is -2.39. The molecule has 34 heteroatoms. The minimum atomic E-state index is -0.985. The van der Waals surface area contributed by atoms with Crippen molar-refractivity contribution in [2.24, 2.45) is 0 Å². The molecule has 0 aromatic heterocycles. The van der Waals surface area contributed by atoms with E-state index in [1.54, 1.807) is 90.3 Å². The van der Waals surface area contributed by atoms with E-state index in [-0.39, 0.29) is 108 Å². The van der Waals surface area contributed by atoms with Gasteiger partial charge in [0.05, 0.1) is 146 Å². The van der Waals surface area contributed by atoms with Crippen LogP contribution in [0.5, 0.6) is 138 Å².